The minimum absolute atomic E-state index is 0.258. The Labute approximate surface area is 118 Å². The van der Waals surface area contributed by atoms with E-state index in [2.05, 4.69) is 20.4 Å². The van der Waals surface area contributed by atoms with Gasteiger partial charge in [0.05, 0.1) is 6.26 Å². The van der Waals surface area contributed by atoms with Crippen LogP contribution in [0.1, 0.15) is 22.5 Å². The van der Waals surface area contributed by atoms with Crippen LogP contribution < -0.4 is 21.3 Å². The Bertz CT molecular complexity index is 573. The maximum Gasteiger partial charge on any atom is 0.251 e. The van der Waals surface area contributed by atoms with Crippen molar-refractivity contribution in [1.82, 2.24) is 15.0 Å². The zero-order valence-electron chi connectivity index (χ0n) is 11.4. The van der Waals surface area contributed by atoms with Gasteiger partial charge in [-0.3, -0.25) is 4.79 Å². The lowest BCUT2D eigenvalue weighted by atomic mass is 10.2. The number of carbonyl (C=O) groups excluding carboxylic acids is 1. The second-order valence-corrected chi connectivity index (χ2v) is 6.14. The second-order valence-electron chi connectivity index (χ2n) is 4.30. The molecule has 0 bridgehead atoms. The summed E-state index contributed by atoms with van der Waals surface area (Å²) in [7, 11) is -3.18. The molecule has 0 aliphatic heterocycles. The fourth-order valence-corrected chi connectivity index (χ4v) is 2.04. The van der Waals surface area contributed by atoms with Crippen LogP contribution in [0, 0.1) is 6.92 Å². The monoisotopic (exact) mass is 301 g/mol. The Balaban J connectivity index is 2.45. The Kier molecular flexibility index (Phi) is 5.86. The molecule has 0 aliphatic carbocycles. The molecule has 0 atom stereocenters. The highest BCUT2D eigenvalue weighted by Crippen LogP contribution is 2.08. The van der Waals surface area contributed by atoms with Crippen molar-refractivity contribution >= 4 is 21.7 Å². The van der Waals surface area contributed by atoms with E-state index in [-0.39, 0.29) is 12.5 Å². The molecule has 0 unspecified atom stereocenters. The first-order chi connectivity index (χ1) is 9.31. The summed E-state index contributed by atoms with van der Waals surface area (Å²) < 4.78 is 24.0. The van der Waals surface area contributed by atoms with Crippen molar-refractivity contribution < 1.29 is 13.2 Å². The summed E-state index contributed by atoms with van der Waals surface area (Å²) in [6, 6.07) is 3.18. The van der Waals surface area contributed by atoms with Gasteiger partial charge in [0.1, 0.15) is 5.82 Å². The van der Waals surface area contributed by atoms with Crippen molar-refractivity contribution in [2.24, 2.45) is 5.84 Å². The van der Waals surface area contributed by atoms with E-state index in [1.807, 2.05) is 0 Å². The number of aromatic nitrogens is 1. The maximum absolute atomic E-state index is 11.9. The lowest BCUT2D eigenvalue weighted by molar-refractivity contribution is 0.0953. The molecule has 1 heterocycles. The molecule has 1 aromatic rings. The number of hydrazine groups is 1. The zero-order valence-corrected chi connectivity index (χ0v) is 12.3. The van der Waals surface area contributed by atoms with Gasteiger partial charge in [-0.1, -0.05) is 0 Å². The molecule has 0 radical (unpaired) electrons. The predicted molar refractivity (Wildman–Crippen MR) is 76.6 cm³/mol. The number of anilines is 1. The van der Waals surface area contributed by atoms with E-state index in [1.54, 1.807) is 13.0 Å². The standard InChI is InChI=1S/C11H19N5O3S/c1-8-6-9(7-10(15-8)16-12)11(17)13-4-3-5-14-20(2,18)19/h6-7,14H,3-5,12H2,1-2H3,(H,13,17)(H,15,16). The molecule has 0 aliphatic rings. The SMILES string of the molecule is Cc1cc(C(=O)NCCCNS(C)(=O)=O)cc(NN)n1. The molecule has 0 saturated heterocycles. The van der Waals surface area contributed by atoms with Gasteiger partial charge in [0.2, 0.25) is 10.0 Å². The third-order valence-corrected chi connectivity index (χ3v) is 3.10. The summed E-state index contributed by atoms with van der Waals surface area (Å²) in [5.74, 6) is 5.41. The Hall–Kier alpha value is -1.71. The average Bonchev–Trinajstić information content (AvgIpc) is 2.36. The van der Waals surface area contributed by atoms with Crippen LogP contribution in [0.15, 0.2) is 12.1 Å². The van der Waals surface area contributed by atoms with Crippen LogP contribution in [-0.4, -0.2) is 38.7 Å². The topological polar surface area (TPSA) is 126 Å². The summed E-state index contributed by atoms with van der Waals surface area (Å²) >= 11 is 0. The zero-order chi connectivity index (χ0) is 15.2. The van der Waals surface area contributed by atoms with Gasteiger partial charge >= 0.3 is 0 Å². The number of nitrogens with zero attached hydrogens (tertiary/aromatic N) is 1. The van der Waals surface area contributed by atoms with Crippen molar-refractivity contribution in [3.8, 4) is 0 Å². The van der Waals surface area contributed by atoms with E-state index in [1.165, 1.54) is 6.07 Å². The van der Waals surface area contributed by atoms with E-state index in [0.29, 0.717) is 30.0 Å². The largest absolute Gasteiger partial charge is 0.352 e. The highest BCUT2D eigenvalue weighted by Gasteiger charge is 2.08. The molecule has 1 amide bonds. The smallest absolute Gasteiger partial charge is 0.251 e. The van der Waals surface area contributed by atoms with Crippen molar-refractivity contribution in [2.75, 3.05) is 24.8 Å². The molecule has 0 spiro atoms. The highest BCUT2D eigenvalue weighted by molar-refractivity contribution is 7.88. The summed E-state index contributed by atoms with van der Waals surface area (Å²) in [5.41, 5.74) is 3.50. The summed E-state index contributed by atoms with van der Waals surface area (Å²) in [5, 5.41) is 2.69. The van der Waals surface area contributed by atoms with E-state index in [9.17, 15) is 13.2 Å². The molecule has 1 aromatic heterocycles. The van der Waals surface area contributed by atoms with Crippen LogP contribution in [0.25, 0.3) is 0 Å². The molecule has 0 saturated carbocycles. The molecule has 0 fully saturated rings. The first-order valence-electron chi connectivity index (χ1n) is 6.00. The molecule has 112 valence electrons. The minimum atomic E-state index is -3.18. The molecular formula is C11H19N5O3S. The number of hydrogen-bond donors (Lipinski definition) is 4. The Morgan fingerprint density at radius 1 is 1.35 bits per heavy atom. The Morgan fingerprint density at radius 2 is 2.05 bits per heavy atom. The van der Waals surface area contributed by atoms with Gasteiger partial charge in [-0.2, -0.15) is 0 Å². The van der Waals surface area contributed by atoms with E-state index < -0.39 is 10.0 Å². The van der Waals surface area contributed by atoms with Crippen molar-refractivity contribution in [1.29, 1.82) is 0 Å². The summed E-state index contributed by atoms with van der Waals surface area (Å²) in [6.07, 6.45) is 1.59. The fraction of sp³-hybridized carbons (Fsp3) is 0.455. The van der Waals surface area contributed by atoms with Crippen molar-refractivity contribution in [3.63, 3.8) is 0 Å². The van der Waals surface area contributed by atoms with Gasteiger partial charge < -0.3 is 10.7 Å². The Morgan fingerprint density at radius 3 is 2.65 bits per heavy atom. The molecule has 9 heteroatoms. The quantitative estimate of drug-likeness (QED) is 0.301. The molecular weight excluding hydrogens is 282 g/mol. The lowest BCUT2D eigenvalue weighted by Gasteiger charge is -2.08. The van der Waals surface area contributed by atoms with Crippen LogP contribution in [0.5, 0.6) is 0 Å². The van der Waals surface area contributed by atoms with Gasteiger partial charge in [0.25, 0.3) is 5.91 Å². The van der Waals surface area contributed by atoms with Crippen LogP contribution in [0.4, 0.5) is 5.82 Å². The number of rotatable bonds is 7. The molecule has 20 heavy (non-hydrogen) atoms. The summed E-state index contributed by atoms with van der Waals surface area (Å²) in [6.45, 7) is 2.41. The van der Waals surface area contributed by atoms with Crippen molar-refractivity contribution in [3.05, 3.63) is 23.4 Å². The van der Waals surface area contributed by atoms with Crippen LogP contribution in [0.3, 0.4) is 0 Å². The van der Waals surface area contributed by atoms with E-state index in [4.69, 9.17) is 5.84 Å². The van der Waals surface area contributed by atoms with Gasteiger partial charge in [0, 0.05) is 24.3 Å². The van der Waals surface area contributed by atoms with Gasteiger partial charge in [-0.15, -0.1) is 0 Å². The first kappa shape index (κ1) is 16.3. The molecule has 5 N–H and O–H groups in total. The third kappa shape index (κ3) is 5.95. The van der Waals surface area contributed by atoms with E-state index in [0.717, 1.165) is 6.26 Å². The fourth-order valence-electron chi connectivity index (χ4n) is 1.52. The second kappa shape index (κ2) is 7.17. The van der Waals surface area contributed by atoms with Gasteiger partial charge in [-0.05, 0) is 25.5 Å². The first-order valence-corrected chi connectivity index (χ1v) is 7.89. The predicted octanol–water partition coefficient (Wildman–Crippen LogP) is -0.655. The lowest BCUT2D eigenvalue weighted by Crippen LogP contribution is -2.29. The van der Waals surface area contributed by atoms with Gasteiger partial charge in [-0.25, -0.2) is 24.0 Å². The summed E-state index contributed by atoms with van der Waals surface area (Å²) in [4.78, 5) is 16.0. The molecule has 8 nitrogen and oxygen atoms in total. The molecule has 0 aromatic carbocycles. The number of aryl methyl sites for hydroxylation is 1. The number of nitrogens with two attached hydrogens (primary N) is 1. The highest BCUT2D eigenvalue weighted by atomic mass is 32.2. The van der Waals surface area contributed by atoms with E-state index >= 15 is 0 Å². The number of hydrogen-bond acceptors (Lipinski definition) is 6. The average molecular weight is 301 g/mol. The third-order valence-electron chi connectivity index (χ3n) is 2.37. The van der Waals surface area contributed by atoms with Crippen LogP contribution in [-0.2, 0) is 10.0 Å². The number of nitrogens with one attached hydrogen (secondary N) is 3. The normalized spacial score (nSPS) is 11.2. The number of pyridine rings is 1. The molecule has 1 rings (SSSR count). The number of sulfonamides is 1. The number of nitrogen functional groups attached to an aromatic ring is 1. The maximum atomic E-state index is 11.9. The minimum Gasteiger partial charge on any atom is -0.352 e. The van der Waals surface area contributed by atoms with Crippen LogP contribution >= 0.6 is 0 Å². The van der Waals surface area contributed by atoms with Gasteiger partial charge in [0.15, 0.2) is 0 Å². The van der Waals surface area contributed by atoms with Crippen molar-refractivity contribution in [2.45, 2.75) is 13.3 Å². The van der Waals surface area contributed by atoms with Crippen LogP contribution in [0.2, 0.25) is 0 Å². The number of amides is 1. The number of carbonyl (C=O) groups is 1.